The van der Waals surface area contributed by atoms with Crippen LogP contribution < -0.4 is 5.32 Å². The zero-order chi connectivity index (χ0) is 14.3. The lowest BCUT2D eigenvalue weighted by Gasteiger charge is -2.14. The second-order valence-corrected chi connectivity index (χ2v) is 4.30. The minimum absolute atomic E-state index is 0.266. The summed E-state index contributed by atoms with van der Waals surface area (Å²) in [5, 5.41) is 12.0. The van der Waals surface area contributed by atoms with Crippen LogP contribution in [0.5, 0.6) is 0 Å². The number of nitrogens with one attached hydrogen (secondary N) is 1. The molecule has 0 amide bonds. The molecule has 19 heavy (non-hydrogen) atoms. The maximum atomic E-state index is 8.87. The van der Waals surface area contributed by atoms with Crippen LogP contribution >= 0.6 is 0 Å². The average molecular weight is 274 g/mol. The van der Waals surface area contributed by atoms with E-state index in [0.29, 0.717) is 46.2 Å². The highest BCUT2D eigenvalue weighted by Crippen LogP contribution is 1.89. The van der Waals surface area contributed by atoms with Gasteiger partial charge in [-0.3, -0.25) is 5.32 Å². The van der Waals surface area contributed by atoms with Crippen LogP contribution in [-0.2, 0) is 18.9 Å². The molecule has 0 saturated heterocycles. The second kappa shape index (κ2) is 13.7. The SMILES string of the molecule is COCCOCCOCCOCC(C#N)NC(C)C. The van der Waals surface area contributed by atoms with Crippen LogP contribution in [0.2, 0.25) is 0 Å². The number of hydrogen-bond acceptors (Lipinski definition) is 6. The van der Waals surface area contributed by atoms with E-state index in [9.17, 15) is 0 Å². The number of rotatable bonds is 13. The third-order valence-electron chi connectivity index (χ3n) is 2.15. The summed E-state index contributed by atoms with van der Waals surface area (Å²) in [6.45, 7) is 7.64. The topological polar surface area (TPSA) is 72.7 Å². The number of nitrogens with zero attached hydrogens (tertiary/aromatic N) is 1. The van der Waals surface area contributed by atoms with E-state index in [0.717, 1.165) is 0 Å². The Balaban J connectivity index is 3.24. The monoisotopic (exact) mass is 274 g/mol. The number of ether oxygens (including phenoxy) is 4. The summed E-state index contributed by atoms with van der Waals surface area (Å²) in [5.74, 6) is 0. The molecule has 112 valence electrons. The van der Waals surface area contributed by atoms with Crippen molar-refractivity contribution in [2.75, 3.05) is 53.4 Å². The molecule has 1 atom stereocenters. The van der Waals surface area contributed by atoms with Crippen molar-refractivity contribution in [2.45, 2.75) is 25.9 Å². The van der Waals surface area contributed by atoms with Gasteiger partial charge in [-0.05, 0) is 13.8 Å². The van der Waals surface area contributed by atoms with Gasteiger partial charge in [-0.25, -0.2) is 0 Å². The fourth-order valence-electron chi connectivity index (χ4n) is 1.31. The van der Waals surface area contributed by atoms with Crippen LogP contribution in [-0.4, -0.2) is 65.4 Å². The smallest absolute Gasteiger partial charge is 0.119 e. The van der Waals surface area contributed by atoms with E-state index in [4.69, 9.17) is 24.2 Å². The van der Waals surface area contributed by atoms with Gasteiger partial charge in [-0.15, -0.1) is 0 Å². The summed E-state index contributed by atoms with van der Waals surface area (Å²) in [6.07, 6.45) is 0. The summed E-state index contributed by atoms with van der Waals surface area (Å²) in [5.41, 5.74) is 0. The van der Waals surface area contributed by atoms with Gasteiger partial charge in [-0.1, -0.05) is 0 Å². The molecular formula is C13H26N2O4. The molecule has 0 rings (SSSR count). The molecule has 0 radical (unpaired) electrons. The Morgan fingerprint density at radius 1 is 0.947 bits per heavy atom. The normalized spacial score (nSPS) is 12.6. The van der Waals surface area contributed by atoms with E-state index >= 15 is 0 Å². The summed E-state index contributed by atoms with van der Waals surface area (Å²) >= 11 is 0. The van der Waals surface area contributed by atoms with Gasteiger partial charge >= 0.3 is 0 Å². The van der Waals surface area contributed by atoms with Gasteiger partial charge in [0.2, 0.25) is 0 Å². The summed E-state index contributed by atoms with van der Waals surface area (Å²) in [6, 6.07) is 2.16. The van der Waals surface area contributed by atoms with Crippen LogP contribution in [0.1, 0.15) is 13.8 Å². The van der Waals surface area contributed by atoms with Gasteiger partial charge in [0, 0.05) is 13.2 Å². The Morgan fingerprint density at radius 2 is 1.47 bits per heavy atom. The Hall–Kier alpha value is -0.710. The van der Waals surface area contributed by atoms with Crippen LogP contribution in [0.4, 0.5) is 0 Å². The minimum Gasteiger partial charge on any atom is -0.382 e. The van der Waals surface area contributed by atoms with Crippen molar-refractivity contribution < 1.29 is 18.9 Å². The van der Waals surface area contributed by atoms with Crippen molar-refractivity contribution in [1.29, 1.82) is 5.26 Å². The van der Waals surface area contributed by atoms with Gasteiger partial charge in [0.05, 0.1) is 52.3 Å². The van der Waals surface area contributed by atoms with Gasteiger partial charge in [0.25, 0.3) is 0 Å². The first kappa shape index (κ1) is 18.3. The Labute approximate surface area is 116 Å². The van der Waals surface area contributed by atoms with Crippen LogP contribution in [0.15, 0.2) is 0 Å². The molecule has 0 aliphatic rings. The second-order valence-electron chi connectivity index (χ2n) is 4.30. The molecule has 0 aromatic heterocycles. The van der Waals surface area contributed by atoms with Crippen molar-refractivity contribution >= 4 is 0 Å². The molecule has 0 fully saturated rings. The minimum atomic E-state index is -0.266. The van der Waals surface area contributed by atoms with Crippen molar-refractivity contribution in [3.05, 3.63) is 0 Å². The fraction of sp³-hybridized carbons (Fsp3) is 0.923. The molecule has 6 heteroatoms. The first-order chi connectivity index (χ1) is 9.20. The summed E-state index contributed by atoms with van der Waals surface area (Å²) in [4.78, 5) is 0. The molecule has 0 saturated carbocycles. The highest BCUT2D eigenvalue weighted by atomic mass is 16.6. The van der Waals surface area contributed by atoms with Gasteiger partial charge in [-0.2, -0.15) is 5.26 Å². The predicted molar refractivity (Wildman–Crippen MR) is 72.0 cm³/mol. The molecule has 0 aromatic rings. The van der Waals surface area contributed by atoms with E-state index in [1.54, 1.807) is 7.11 Å². The molecule has 0 bridgehead atoms. The van der Waals surface area contributed by atoms with Gasteiger partial charge in [0.1, 0.15) is 6.04 Å². The largest absolute Gasteiger partial charge is 0.382 e. The van der Waals surface area contributed by atoms with Crippen molar-refractivity contribution in [3.8, 4) is 6.07 Å². The van der Waals surface area contributed by atoms with Crippen LogP contribution in [0, 0.1) is 11.3 Å². The highest BCUT2D eigenvalue weighted by molar-refractivity contribution is 4.90. The Kier molecular flexibility index (Phi) is 13.2. The van der Waals surface area contributed by atoms with E-state index in [-0.39, 0.29) is 12.1 Å². The van der Waals surface area contributed by atoms with E-state index in [1.165, 1.54) is 0 Å². The number of methoxy groups -OCH3 is 1. The molecule has 1 N–H and O–H groups in total. The van der Waals surface area contributed by atoms with E-state index in [1.807, 2.05) is 13.8 Å². The van der Waals surface area contributed by atoms with E-state index in [2.05, 4.69) is 11.4 Å². The molecule has 0 aliphatic carbocycles. The zero-order valence-corrected chi connectivity index (χ0v) is 12.2. The lowest BCUT2D eigenvalue weighted by molar-refractivity contribution is 0.00226. The quantitative estimate of drug-likeness (QED) is 0.495. The maximum Gasteiger partial charge on any atom is 0.119 e. The standard InChI is InChI=1S/C13H26N2O4/c1-12(2)15-13(10-14)11-19-9-8-18-7-6-17-5-4-16-3/h12-13,15H,4-9,11H2,1-3H3. The van der Waals surface area contributed by atoms with Crippen molar-refractivity contribution in [1.82, 2.24) is 5.32 Å². The molecule has 1 unspecified atom stereocenters. The third-order valence-corrected chi connectivity index (χ3v) is 2.15. The number of hydrogen-bond donors (Lipinski definition) is 1. The van der Waals surface area contributed by atoms with E-state index < -0.39 is 0 Å². The number of nitriles is 1. The van der Waals surface area contributed by atoms with Crippen LogP contribution in [0.3, 0.4) is 0 Å². The van der Waals surface area contributed by atoms with Gasteiger partial charge < -0.3 is 18.9 Å². The third kappa shape index (κ3) is 13.5. The molecule has 0 spiro atoms. The molecule has 6 nitrogen and oxygen atoms in total. The molecule has 0 heterocycles. The van der Waals surface area contributed by atoms with Crippen LogP contribution in [0.25, 0.3) is 0 Å². The lowest BCUT2D eigenvalue weighted by Crippen LogP contribution is -2.37. The maximum absolute atomic E-state index is 8.87. The van der Waals surface area contributed by atoms with Crippen molar-refractivity contribution in [3.63, 3.8) is 0 Å². The molecule has 0 aromatic carbocycles. The fourth-order valence-corrected chi connectivity index (χ4v) is 1.31. The summed E-state index contributed by atoms with van der Waals surface area (Å²) in [7, 11) is 1.64. The first-order valence-corrected chi connectivity index (χ1v) is 6.58. The molecule has 0 aliphatic heterocycles. The first-order valence-electron chi connectivity index (χ1n) is 6.58. The Morgan fingerprint density at radius 3 is 1.95 bits per heavy atom. The van der Waals surface area contributed by atoms with Crippen molar-refractivity contribution in [2.24, 2.45) is 0 Å². The van der Waals surface area contributed by atoms with Gasteiger partial charge in [0.15, 0.2) is 0 Å². The average Bonchev–Trinajstić information content (AvgIpc) is 2.39. The predicted octanol–water partition coefficient (Wildman–Crippen LogP) is 0.573. The highest BCUT2D eigenvalue weighted by Gasteiger charge is 2.07. The summed E-state index contributed by atoms with van der Waals surface area (Å²) < 4.78 is 20.8. The Bertz CT molecular complexity index is 231. The molecular weight excluding hydrogens is 248 g/mol. The lowest BCUT2D eigenvalue weighted by atomic mass is 10.3. The zero-order valence-electron chi connectivity index (χ0n) is 12.2.